The minimum absolute atomic E-state index is 0.0125. The number of esters is 1. The second-order valence-electron chi connectivity index (χ2n) is 4.34. The zero-order chi connectivity index (χ0) is 14.0. The second kappa shape index (κ2) is 5.52. The van der Waals surface area contributed by atoms with Crippen molar-refractivity contribution in [1.82, 2.24) is 0 Å². The van der Waals surface area contributed by atoms with Crippen LogP contribution in [0.15, 0.2) is 18.2 Å². The summed E-state index contributed by atoms with van der Waals surface area (Å²) >= 11 is 4.34. The zero-order valence-corrected chi connectivity index (χ0v) is 11.7. The molecule has 6 heteroatoms. The summed E-state index contributed by atoms with van der Waals surface area (Å²) in [6.45, 7) is 0.543. The Morgan fingerprint density at radius 1 is 1.53 bits per heavy atom. The highest BCUT2D eigenvalue weighted by Crippen LogP contribution is 2.31. The van der Waals surface area contributed by atoms with E-state index in [4.69, 9.17) is 4.74 Å². The van der Waals surface area contributed by atoms with Gasteiger partial charge in [-0.05, 0) is 18.2 Å². The molecule has 1 aromatic rings. The SMILES string of the molecule is CNc1ccc(C(=O)OC)cc1N1CC(S)CC1=O. The van der Waals surface area contributed by atoms with E-state index >= 15 is 0 Å². The molecule has 1 saturated heterocycles. The predicted octanol–water partition coefficient (Wildman–Crippen LogP) is 1.55. The van der Waals surface area contributed by atoms with Crippen molar-refractivity contribution in [3.63, 3.8) is 0 Å². The number of nitrogens with one attached hydrogen (secondary N) is 1. The van der Waals surface area contributed by atoms with Crippen LogP contribution in [-0.2, 0) is 9.53 Å². The van der Waals surface area contributed by atoms with Gasteiger partial charge in [0.05, 0.1) is 24.0 Å². The molecular weight excluding hydrogens is 264 g/mol. The van der Waals surface area contributed by atoms with E-state index in [0.29, 0.717) is 24.2 Å². The molecule has 0 aliphatic carbocycles. The van der Waals surface area contributed by atoms with Crippen molar-refractivity contribution in [3.05, 3.63) is 23.8 Å². The lowest BCUT2D eigenvalue weighted by atomic mass is 10.1. The number of carbonyl (C=O) groups excluding carboxylic acids is 2. The number of nitrogens with zero attached hydrogens (tertiary/aromatic N) is 1. The number of benzene rings is 1. The Morgan fingerprint density at radius 2 is 2.26 bits per heavy atom. The fourth-order valence-corrected chi connectivity index (χ4v) is 2.45. The van der Waals surface area contributed by atoms with Crippen molar-refractivity contribution < 1.29 is 14.3 Å². The Kier molecular flexibility index (Phi) is 3.99. The Bertz CT molecular complexity index is 519. The molecule has 102 valence electrons. The van der Waals surface area contributed by atoms with Crippen LogP contribution in [0.2, 0.25) is 0 Å². The van der Waals surface area contributed by atoms with Crippen LogP contribution < -0.4 is 10.2 Å². The normalized spacial score (nSPS) is 18.6. The number of carbonyl (C=O) groups is 2. The van der Waals surface area contributed by atoms with Gasteiger partial charge in [0.2, 0.25) is 5.91 Å². The maximum absolute atomic E-state index is 11.9. The van der Waals surface area contributed by atoms with Gasteiger partial charge in [-0.1, -0.05) is 0 Å². The maximum atomic E-state index is 11.9. The average Bonchev–Trinajstić information content (AvgIpc) is 2.76. The molecule has 0 radical (unpaired) electrons. The molecule has 1 amide bonds. The molecule has 0 aromatic heterocycles. The van der Waals surface area contributed by atoms with E-state index in [2.05, 4.69) is 17.9 Å². The maximum Gasteiger partial charge on any atom is 0.337 e. The number of thiol groups is 1. The van der Waals surface area contributed by atoms with Gasteiger partial charge in [0.25, 0.3) is 0 Å². The Labute approximate surface area is 117 Å². The number of ether oxygens (including phenoxy) is 1. The lowest BCUT2D eigenvalue weighted by molar-refractivity contribution is -0.117. The van der Waals surface area contributed by atoms with E-state index in [1.807, 2.05) is 0 Å². The Morgan fingerprint density at radius 3 is 2.79 bits per heavy atom. The summed E-state index contributed by atoms with van der Waals surface area (Å²) in [4.78, 5) is 25.2. The van der Waals surface area contributed by atoms with Crippen molar-refractivity contribution in [2.24, 2.45) is 0 Å². The number of anilines is 2. The van der Waals surface area contributed by atoms with Crippen molar-refractivity contribution >= 4 is 35.9 Å². The largest absolute Gasteiger partial charge is 0.465 e. The number of hydrogen-bond acceptors (Lipinski definition) is 5. The van der Waals surface area contributed by atoms with E-state index in [0.717, 1.165) is 5.69 Å². The van der Waals surface area contributed by atoms with Crippen LogP contribution in [0.3, 0.4) is 0 Å². The first-order valence-electron chi connectivity index (χ1n) is 5.95. The highest BCUT2D eigenvalue weighted by atomic mass is 32.1. The highest BCUT2D eigenvalue weighted by molar-refractivity contribution is 7.81. The molecule has 0 spiro atoms. The van der Waals surface area contributed by atoms with Gasteiger partial charge in [0.1, 0.15) is 0 Å². The molecule has 1 atom stereocenters. The third-order valence-corrected chi connectivity index (χ3v) is 3.43. The van der Waals surface area contributed by atoms with Crippen LogP contribution in [0.4, 0.5) is 11.4 Å². The number of rotatable bonds is 3. The van der Waals surface area contributed by atoms with Gasteiger partial charge in [0.15, 0.2) is 0 Å². The van der Waals surface area contributed by atoms with Gasteiger partial charge >= 0.3 is 5.97 Å². The summed E-state index contributed by atoms with van der Waals surface area (Å²) < 4.78 is 4.70. The van der Waals surface area contributed by atoms with Crippen molar-refractivity contribution in [1.29, 1.82) is 0 Å². The summed E-state index contributed by atoms with van der Waals surface area (Å²) in [6.07, 6.45) is 0.411. The molecule has 1 heterocycles. The lowest BCUT2D eigenvalue weighted by Crippen LogP contribution is -2.25. The first-order valence-corrected chi connectivity index (χ1v) is 6.47. The van der Waals surface area contributed by atoms with Crippen LogP contribution in [-0.4, -0.2) is 37.8 Å². The summed E-state index contributed by atoms with van der Waals surface area (Å²) in [5.74, 6) is -0.406. The first-order chi connectivity index (χ1) is 9.06. The molecule has 5 nitrogen and oxygen atoms in total. The van der Waals surface area contributed by atoms with E-state index in [-0.39, 0.29) is 11.2 Å². The van der Waals surface area contributed by atoms with Crippen LogP contribution in [0.1, 0.15) is 16.8 Å². The molecule has 1 unspecified atom stereocenters. The molecule has 1 aliphatic heterocycles. The summed E-state index contributed by atoms with van der Waals surface area (Å²) in [5.41, 5.74) is 1.90. The van der Waals surface area contributed by atoms with E-state index in [1.54, 1.807) is 30.1 Å². The lowest BCUT2D eigenvalue weighted by Gasteiger charge is -2.20. The van der Waals surface area contributed by atoms with Crippen LogP contribution in [0, 0.1) is 0 Å². The third kappa shape index (κ3) is 2.68. The molecule has 19 heavy (non-hydrogen) atoms. The van der Waals surface area contributed by atoms with E-state index in [1.165, 1.54) is 7.11 Å². The Hall–Kier alpha value is -1.69. The third-order valence-electron chi connectivity index (χ3n) is 3.08. The van der Waals surface area contributed by atoms with Gasteiger partial charge in [-0.3, -0.25) is 4.79 Å². The predicted molar refractivity (Wildman–Crippen MR) is 77.1 cm³/mol. The fraction of sp³-hybridized carbons (Fsp3) is 0.385. The molecular formula is C13H16N2O3S. The quantitative estimate of drug-likeness (QED) is 0.651. The molecule has 0 bridgehead atoms. The molecule has 2 rings (SSSR count). The minimum atomic E-state index is -0.419. The monoisotopic (exact) mass is 280 g/mol. The van der Waals surface area contributed by atoms with E-state index in [9.17, 15) is 9.59 Å². The molecule has 0 saturated carbocycles. The Balaban J connectivity index is 2.42. The van der Waals surface area contributed by atoms with Crippen molar-refractivity contribution in [3.8, 4) is 0 Å². The number of hydrogen-bond donors (Lipinski definition) is 2. The van der Waals surface area contributed by atoms with Gasteiger partial charge < -0.3 is 15.0 Å². The molecule has 1 aromatic carbocycles. The topological polar surface area (TPSA) is 58.6 Å². The second-order valence-corrected chi connectivity index (χ2v) is 5.07. The average molecular weight is 280 g/mol. The van der Waals surface area contributed by atoms with Gasteiger partial charge in [0, 0.05) is 25.3 Å². The standard InChI is InChI=1S/C13H16N2O3S/c1-14-10-4-3-8(13(17)18-2)5-11(10)15-7-9(19)6-12(15)16/h3-5,9,14,19H,6-7H2,1-2H3. The molecule has 1 fully saturated rings. The first kappa shape index (κ1) is 13.7. The van der Waals surface area contributed by atoms with Crippen LogP contribution in [0.5, 0.6) is 0 Å². The van der Waals surface area contributed by atoms with Crippen molar-refractivity contribution in [2.75, 3.05) is 30.9 Å². The molecule has 1 aliphatic rings. The van der Waals surface area contributed by atoms with Gasteiger partial charge in [-0.25, -0.2) is 4.79 Å². The minimum Gasteiger partial charge on any atom is -0.465 e. The van der Waals surface area contributed by atoms with Crippen LogP contribution >= 0.6 is 12.6 Å². The summed E-state index contributed by atoms with van der Waals surface area (Å²) in [5, 5.41) is 3.05. The highest BCUT2D eigenvalue weighted by Gasteiger charge is 2.30. The summed E-state index contributed by atoms with van der Waals surface area (Å²) in [7, 11) is 3.11. The number of amides is 1. The summed E-state index contributed by atoms with van der Waals surface area (Å²) in [6, 6.07) is 5.10. The smallest absolute Gasteiger partial charge is 0.337 e. The van der Waals surface area contributed by atoms with Crippen molar-refractivity contribution in [2.45, 2.75) is 11.7 Å². The fourth-order valence-electron chi connectivity index (χ4n) is 2.13. The van der Waals surface area contributed by atoms with E-state index < -0.39 is 5.97 Å². The number of methoxy groups -OCH3 is 1. The van der Waals surface area contributed by atoms with Gasteiger partial charge in [-0.15, -0.1) is 0 Å². The van der Waals surface area contributed by atoms with Gasteiger partial charge in [-0.2, -0.15) is 12.6 Å². The zero-order valence-electron chi connectivity index (χ0n) is 10.8. The molecule has 1 N–H and O–H groups in total. The van der Waals surface area contributed by atoms with Crippen LogP contribution in [0.25, 0.3) is 0 Å².